The number of anilines is 1. The molecule has 1 aromatic rings. The van der Waals surface area contributed by atoms with E-state index in [0.29, 0.717) is 5.69 Å². The van der Waals surface area contributed by atoms with E-state index in [9.17, 15) is 18.8 Å². The molecule has 2 fully saturated rings. The van der Waals surface area contributed by atoms with E-state index in [1.54, 1.807) is 0 Å². The van der Waals surface area contributed by atoms with Crippen molar-refractivity contribution in [1.29, 1.82) is 0 Å². The van der Waals surface area contributed by atoms with Gasteiger partial charge in [0.25, 0.3) is 0 Å². The molecule has 1 saturated carbocycles. The van der Waals surface area contributed by atoms with E-state index >= 15 is 0 Å². The van der Waals surface area contributed by atoms with Gasteiger partial charge in [-0.1, -0.05) is 19.3 Å². The summed E-state index contributed by atoms with van der Waals surface area (Å²) < 4.78 is 12.8. The summed E-state index contributed by atoms with van der Waals surface area (Å²) in [5.74, 6) is -1.33. The van der Waals surface area contributed by atoms with E-state index in [4.69, 9.17) is 0 Å². The normalized spacial score (nSPS) is 20.1. The molecule has 1 spiro atoms. The predicted octanol–water partition coefficient (Wildman–Crippen LogP) is 2.47. The lowest BCUT2D eigenvalue weighted by Crippen LogP contribution is -2.41. The van der Waals surface area contributed by atoms with Gasteiger partial charge in [-0.3, -0.25) is 19.3 Å². The Bertz CT molecular complexity index is 636. The zero-order valence-corrected chi connectivity index (χ0v) is 12.8. The molecule has 1 saturated heterocycles. The van der Waals surface area contributed by atoms with Gasteiger partial charge in [0.2, 0.25) is 17.7 Å². The van der Waals surface area contributed by atoms with E-state index in [1.807, 2.05) is 0 Å². The average Bonchev–Trinajstić information content (AvgIpc) is 2.75. The lowest BCUT2D eigenvalue weighted by Gasteiger charge is -2.30. The fourth-order valence-corrected chi connectivity index (χ4v) is 3.52. The Morgan fingerprint density at radius 2 is 1.78 bits per heavy atom. The molecule has 1 aliphatic heterocycles. The molecule has 1 N–H and O–H groups in total. The van der Waals surface area contributed by atoms with Gasteiger partial charge in [-0.25, -0.2) is 4.39 Å². The van der Waals surface area contributed by atoms with Crippen molar-refractivity contribution in [3.8, 4) is 0 Å². The highest BCUT2D eigenvalue weighted by Gasteiger charge is 2.51. The van der Waals surface area contributed by atoms with Crippen LogP contribution in [0, 0.1) is 11.2 Å². The highest BCUT2D eigenvalue weighted by atomic mass is 19.1. The number of carbonyl (C=O) groups is 3. The standard InChI is InChI=1S/C17H19FN2O3/c18-12-4-6-13(7-5-12)19-14(21)11-20-15(22)10-17(16(20)23)8-2-1-3-9-17/h4-7H,1-3,8-11H2,(H,19,21). The van der Waals surface area contributed by atoms with Crippen LogP contribution in [0.1, 0.15) is 38.5 Å². The summed E-state index contributed by atoms with van der Waals surface area (Å²) in [6.07, 6.45) is 4.68. The Kier molecular flexibility index (Phi) is 4.15. The quantitative estimate of drug-likeness (QED) is 0.871. The average molecular weight is 318 g/mol. The number of nitrogens with zero attached hydrogens (tertiary/aromatic N) is 1. The Morgan fingerprint density at radius 3 is 2.43 bits per heavy atom. The van der Waals surface area contributed by atoms with Crippen LogP contribution in [0.4, 0.5) is 10.1 Å². The molecule has 1 aromatic carbocycles. The first-order valence-corrected chi connectivity index (χ1v) is 7.90. The van der Waals surface area contributed by atoms with Crippen molar-refractivity contribution < 1.29 is 18.8 Å². The largest absolute Gasteiger partial charge is 0.325 e. The lowest BCUT2D eigenvalue weighted by molar-refractivity contribution is -0.144. The Balaban J connectivity index is 1.65. The van der Waals surface area contributed by atoms with Crippen molar-refractivity contribution in [3.05, 3.63) is 30.1 Å². The Morgan fingerprint density at radius 1 is 1.13 bits per heavy atom. The fraction of sp³-hybridized carbons (Fsp3) is 0.471. The number of carbonyl (C=O) groups excluding carboxylic acids is 3. The number of halogens is 1. The SMILES string of the molecule is O=C(CN1C(=O)CC2(CCCCC2)C1=O)Nc1ccc(F)cc1. The van der Waals surface area contributed by atoms with Crippen LogP contribution in [0.15, 0.2) is 24.3 Å². The minimum Gasteiger partial charge on any atom is -0.325 e. The van der Waals surface area contributed by atoms with Crippen LogP contribution >= 0.6 is 0 Å². The molecule has 1 heterocycles. The molecule has 0 radical (unpaired) electrons. The van der Waals surface area contributed by atoms with E-state index in [1.165, 1.54) is 24.3 Å². The van der Waals surface area contributed by atoms with Crippen molar-refractivity contribution in [2.24, 2.45) is 5.41 Å². The number of likely N-dealkylation sites (tertiary alicyclic amines) is 1. The fourth-order valence-electron chi connectivity index (χ4n) is 3.52. The molecule has 0 aromatic heterocycles. The second-order valence-electron chi connectivity index (χ2n) is 6.36. The predicted molar refractivity (Wildman–Crippen MR) is 81.9 cm³/mol. The second kappa shape index (κ2) is 6.10. The van der Waals surface area contributed by atoms with Crippen LogP contribution in [0.2, 0.25) is 0 Å². The van der Waals surface area contributed by atoms with Gasteiger partial charge >= 0.3 is 0 Å². The van der Waals surface area contributed by atoms with Crippen LogP contribution in [0.5, 0.6) is 0 Å². The monoisotopic (exact) mass is 318 g/mol. The highest BCUT2D eigenvalue weighted by Crippen LogP contribution is 2.45. The van der Waals surface area contributed by atoms with Crippen molar-refractivity contribution in [2.45, 2.75) is 38.5 Å². The molecule has 23 heavy (non-hydrogen) atoms. The molecular weight excluding hydrogens is 299 g/mol. The topological polar surface area (TPSA) is 66.5 Å². The van der Waals surface area contributed by atoms with Crippen LogP contribution in [0.25, 0.3) is 0 Å². The summed E-state index contributed by atoms with van der Waals surface area (Å²) in [6, 6.07) is 5.34. The van der Waals surface area contributed by atoms with Gasteiger partial charge < -0.3 is 5.32 Å². The summed E-state index contributed by atoms with van der Waals surface area (Å²) >= 11 is 0. The van der Waals surface area contributed by atoms with E-state index in [2.05, 4.69) is 5.32 Å². The zero-order chi connectivity index (χ0) is 16.4. The maximum absolute atomic E-state index is 12.8. The van der Waals surface area contributed by atoms with Crippen LogP contribution < -0.4 is 5.32 Å². The number of hydrogen-bond acceptors (Lipinski definition) is 3. The first kappa shape index (κ1) is 15.6. The summed E-state index contributed by atoms with van der Waals surface area (Å²) in [5, 5.41) is 2.58. The zero-order valence-electron chi connectivity index (χ0n) is 12.8. The number of benzene rings is 1. The molecule has 3 rings (SSSR count). The van der Waals surface area contributed by atoms with Crippen molar-refractivity contribution >= 4 is 23.4 Å². The minimum absolute atomic E-state index is 0.212. The third-order valence-corrected chi connectivity index (χ3v) is 4.73. The molecule has 0 atom stereocenters. The number of rotatable bonds is 3. The summed E-state index contributed by atoms with van der Waals surface area (Å²) in [4.78, 5) is 37.9. The maximum atomic E-state index is 12.8. The van der Waals surface area contributed by atoms with Gasteiger partial charge in [-0.15, -0.1) is 0 Å². The van der Waals surface area contributed by atoms with Crippen LogP contribution in [-0.4, -0.2) is 29.2 Å². The molecule has 6 heteroatoms. The van der Waals surface area contributed by atoms with Crippen molar-refractivity contribution in [3.63, 3.8) is 0 Å². The van der Waals surface area contributed by atoms with Crippen molar-refractivity contribution in [1.82, 2.24) is 4.90 Å². The Hall–Kier alpha value is -2.24. The van der Waals surface area contributed by atoms with Gasteiger partial charge in [-0.05, 0) is 37.1 Å². The smallest absolute Gasteiger partial charge is 0.244 e. The first-order chi connectivity index (χ1) is 11.0. The van der Waals surface area contributed by atoms with Gasteiger partial charge in [0.05, 0.1) is 5.41 Å². The van der Waals surface area contributed by atoms with Gasteiger partial charge in [0.15, 0.2) is 0 Å². The van der Waals surface area contributed by atoms with Gasteiger partial charge in [0.1, 0.15) is 12.4 Å². The molecule has 0 unspecified atom stereocenters. The number of imide groups is 1. The first-order valence-electron chi connectivity index (χ1n) is 7.90. The highest BCUT2D eigenvalue weighted by molar-refractivity contribution is 6.09. The summed E-state index contributed by atoms with van der Waals surface area (Å²) in [7, 11) is 0. The molecule has 0 bridgehead atoms. The third-order valence-electron chi connectivity index (χ3n) is 4.73. The molecule has 2 aliphatic rings. The van der Waals surface area contributed by atoms with E-state index in [-0.39, 0.29) is 24.8 Å². The van der Waals surface area contributed by atoms with Crippen LogP contribution in [-0.2, 0) is 14.4 Å². The third kappa shape index (κ3) is 3.11. The molecule has 122 valence electrons. The van der Waals surface area contributed by atoms with Crippen LogP contribution in [0.3, 0.4) is 0 Å². The summed E-state index contributed by atoms with van der Waals surface area (Å²) in [6.45, 7) is -0.281. The van der Waals surface area contributed by atoms with Crippen molar-refractivity contribution in [2.75, 3.05) is 11.9 Å². The lowest BCUT2D eigenvalue weighted by atomic mass is 9.73. The molecular formula is C17H19FN2O3. The number of hydrogen-bond donors (Lipinski definition) is 1. The Labute approximate surface area is 133 Å². The number of nitrogens with one attached hydrogen (secondary N) is 1. The molecule has 3 amide bonds. The van der Waals surface area contributed by atoms with Gasteiger partial charge in [-0.2, -0.15) is 0 Å². The molecule has 5 nitrogen and oxygen atoms in total. The minimum atomic E-state index is -0.578. The molecule has 1 aliphatic carbocycles. The van der Waals surface area contributed by atoms with E-state index < -0.39 is 17.1 Å². The number of amides is 3. The second-order valence-corrected chi connectivity index (χ2v) is 6.36. The maximum Gasteiger partial charge on any atom is 0.244 e. The van der Waals surface area contributed by atoms with Gasteiger partial charge in [0, 0.05) is 12.1 Å². The van der Waals surface area contributed by atoms with E-state index in [0.717, 1.165) is 37.0 Å². The summed E-state index contributed by atoms with van der Waals surface area (Å²) in [5.41, 5.74) is -0.145.